The lowest BCUT2D eigenvalue weighted by atomic mass is 9.60. The lowest BCUT2D eigenvalue weighted by molar-refractivity contribution is 0.0977. The van der Waals surface area contributed by atoms with Crippen molar-refractivity contribution in [2.24, 2.45) is 17.8 Å². The normalized spacial score (nSPS) is 24.4. The summed E-state index contributed by atoms with van der Waals surface area (Å²) in [4.78, 5) is 28.0. The van der Waals surface area contributed by atoms with E-state index in [1.807, 2.05) is 24.3 Å². The van der Waals surface area contributed by atoms with E-state index < -0.39 is 0 Å². The summed E-state index contributed by atoms with van der Waals surface area (Å²) in [5.74, 6) is 1.80. The van der Waals surface area contributed by atoms with Gasteiger partial charge < -0.3 is 10.6 Å². The number of anilines is 1. The van der Waals surface area contributed by atoms with Gasteiger partial charge in [0.2, 0.25) is 0 Å². The molecule has 4 heteroatoms. The molecule has 3 aliphatic rings. The number of benzene rings is 2. The zero-order chi connectivity index (χ0) is 26.3. The van der Waals surface area contributed by atoms with Crippen molar-refractivity contribution in [2.45, 2.75) is 97.6 Å². The summed E-state index contributed by atoms with van der Waals surface area (Å²) in [5.41, 5.74) is 5.33. The molecule has 1 saturated carbocycles. The molecule has 0 aromatic heterocycles. The molecular formula is C33H44N2O2. The first-order chi connectivity index (χ1) is 17.8. The third-order valence-corrected chi connectivity index (χ3v) is 9.63. The van der Waals surface area contributed by atoms with Crippen LogP contribution in [0.1, 0.15) is 123 Å². The SMILES string of the molecule is CCCCC(CC)CNCc1cc2c(c3c1C(=O)c1ccccc1C3=O)NC1CC(C)CCC1C2(C)C. The van der Waals surface area contributed by atoms with Crippen LogP contribution in [0, 0.1) is 17.8 Å². The second kappa shape index (κ2) is 10.4. The second-order valence-electron chi connectivity index (χ2n) is 12.5. The Morgan fingerprint density at radius 3 is 2.43 bits per heavy atom. The molecule has 0 radical (unpaired) electrons. The molecule has 4 nitrogen and oxygen atoms in total. The molecule has 4 unspecified atom stereocenters. The molecule has 37 heavy (non-hydrogen) atoms. The minimum Gasteiger partial charge on any atom is -0.381 e. The molecule has 0 spiro atoms. The van der Waals surface area contributed by atoms with Crippen LogP contribution in [0.15, 0.2) is 30.3 Å². The van der Waals surface area contributed by atoms with E-state index in [0.29, 0.717) is 52.6 Å². The smallest absolute Gasteiger partial charge is 0.196 e. The van der Waals surface area contributed by atoms with Gasteiger partial charge in [0.1, 0.15) is 0 Å². The highest BCUT2D eigenvalue weighted by Crippen LogP contribution is 2.52. The van der Waals surface area contributed by atoms with Gasteiger partial charge in [0.25, 0.3) is 0 Å². The summed E-state index contributed by atoms with van der Waals surface area (Å²) in [5, 5.41) is 7.52. The Balaban J connectivity index is 1.59. The topological polar surface area (TPSA) is 58.2 Å². The van der Waals surface area contributed by atoms with Crippen molar-refractivity contribution >= 4 is 17.3 Å². The summed E-state index contributed by atoms with van der Waals surface area (Å²) in [6, 6.07) is 9.94. The molecule has 1 aliphatic heterocycles. The van der Waals surface area contributed by atoms with Crippen molar-refractivity contribution in [2.75, 3.05) is 11.9 Å². The molecule has 0 bridgehead atoms. The van der Waals surface area contributed by atoms with E-state index >= 15 is 0 Å². The Labute approximate surface area is 223 Å². The number of nitrogens with one attached hydrogen (secondary N) is 2. The van der Waals surface area contributed by atoms with Crippen LogP contribution in [0.5, 0.6) is 0 Å². The molecule has 2 aliphatic carbocycles. The van der Waals surface area contributed by atoms with Crippen LogP contribution in [-0.2, 0) is 12.0 Å². The maximum Gasteiger partial charge on any atom is 0.196 e. The Bertz CT molecular complexity index is 1200. The van der Waals surface area contributed by atoms with Crippen LogP contribution in [-0.4, -0.2) is 24.2 Å². The summed E-state index contributed by atoms with van der Waals surface area (Å²) in [6.45, 7) is 13.1. The molecule has 0 saturated heterocycles. The summed E-state index contributed by atoms with van der Waals surface area (Å²) in [7, 11) is 0. The second-order valence-corrected chi connectivity index (χ2v) is 12.5. The summed E-state index contributed by atoms with van der Waals surface area (Å²) >= 11 is 0. The van der Waals surface area contributed by atoms with Crippen molar-refractivity contribution in [1.82, 2.24) is 5.32 Å². The Morgan fingerprint density at radius 2 is 1.76 bits per heavy atom. The van der Waals surface area contributed by atoms with Crippen LogP contribution in [0.25, 0.3) is 0 Å². The predicted octanol–water partition coefficient (Wildman–Crippen LogP) is 7.28. The fraction of sp³-hybridized carbons (Fsp3) is 0.576. The summed E-state index contributed by atoms with van der Waals surface area (Å²) in [6.07, 6.45) is 8.40. The van der Waals surface area contributed by atoms with Crippen molar-refractivity contribution in [3.63, 3.8) is 0 Å². The van der Waals surface area contributed by atoms with Gasteiger partial charge in [-0.1, -0.05) is 90.6 Å². The zero-order valence-corrected chi connectivity index (χ0v) is 23.4. The maximum atomic E-state index is 14.0. The van der Waals surface area contributed by atoms with E-state index in [1.54, 1.807) is 0 Å². The lowest BCUT2D eigenvalue weighted by Crippen LogP contribution is -2.50. The number of carbonyl (C=O) groups is 2. The maximum absolute atomic E-state index is 14.0. The van der Waals surface area contributed by atoms with Gasteiger partial charge in [-0.25, -0.2) is 0 Å². The predicted molar refractivity (Wildman–Crippen MR) is 152 cm³/mol. The lowest BCUT2D eigenvalue weighted by Gasteiger charge is -2.50. The van der Waals surface area contributed by atoms with Crippen molar-refractivity contribution in [3.8, 4) is 0 Å². The van der Waals surface area contributed by atoms with E-state index in [1.165, 1.54) is 37.7 Å². The fourth-order valence-electron chi connectivity index (χ4n) is 7.31. The van der Waals surface area contributed by atoms with Crippen LogP contribution in [0.4, 0.5) is 5.69 Å². The minimum atomic E-state index is -0.0669. The number of hydrogen-bond acceptors (Lipinski definition) is 4. The van der Waals surface area contributed by atoms with E-state index in [2.05, 4.69) is 51.3 Å². The Hall–Kier alpha value is -2.46. The van der Waals surface area contributed by atoms with Gasteiger partial charge >= 0.3 is 0 Å². The van der Waals surface area contributed by atoms with Gasteiger partial charge in [-0.05, 0) is 60.1 Å². The van der Waals surface area contributed by atoms with Crippen LogP contribution < -0.4 is 10.6 Å². The number of carbonyl (C=O) groups excluding carboxylic acids is 2. The van der Waals surface area contributed by atoms with E-state index in [-0.39, 0.29) is 17.0 Å². The Kier molecular flexibility index (Phi) is 7.33. The first-order valence-corrected chi connectivity index (χ1v) is 14.6. The first kappa shape index (κ1) is 26.2. The largest absolute Gasteiger partial charge is 0.381 e. The monoisotopic (exact) mass is 500 g/mol. The molecule has 198 valence electrons. The molecule has 1 heterocycles. The van der Waals surface area contributed by atoms with Crippen LogP contribution >= 0.6 is 0 Å². The summed E-state index contributed by atoms with van der Waals surface area (Å²) < 4.78 is 0. The van der Waals surface area contributed by atoms with E-state index in [4.69, 9.17) is 0 Å². The molecule has 2 aromatic carbocycles. The standard InChI is InChI=1S/C33H44N2O2/c1-6-8-11-21(7-2)18-34-19-22-17-26-30(35-27-16-20(3)14-15-25(27)33(26,4)5)29-28(22)31(36)23-12-9-10-13-24(23)32(29)37/h9-10,12-13,17,20-21,25,27,34-35H,6-8,11,14-16,18-19H2,1-5H3. The van der Waals surface area contributed by atoms with Crippen LogP contribution in [0.3, 0.4) is 0 Å². The third kappa shape index (κ3) is 4.56. The van der Waals surface area contributed by atoms with Gasteiger partial charge in [0.05, 0.1) is 11.3 Å². The highest BCUT2D eigenvalue weighted by molar-refractivity contribution is 6.31. The Morgan fingerprint density at radius 1 is 1.05 bits per heavy atom. The van der Waals surface area contributed by atoms with Gasteiger partial charge in [0.15, 0.2) is 11.6 Å². The van der Waals surface area contributed by atoms with Gasteiger partial charge in [-0.15, -0.1) is 0 Å². The van der Waals surface area contributed by atoms with Gasteiger partial charge in [0, 0.05) is 29.3 Å². The number of ketones is 2. The number of hydrogen-bond donors (Lipinski definition) is 2. The molecule has 0 amide bonds. The number of rotatable bonds is 8. The van der Waals surface area contributed by atoms with Crippen molar-refractivity contribution < 1.29 is 9.59 Å². The zero-order valence-electron chi connectivity index (χ0n) is 23.4. The molecule has 1 fully saturated rings. The van der Waals surface area contributed by atoms with Gasteiger partial charge in [-0.2, -0.15) is 0 Å². The van der Waals surface area contributed by atoms with Crippen molar-refractivity contribution in [3.05, 3.63) is 63.7 Å². The first-order valence-electron chi connectivity index (χ1n) is 14.6. The molecule has 2 N–H and O–H groups in total. The molecule has 5 rings (SSSR count). The van der Waals surface area contributed by atoms with Gasteiger partial charge in [-0.3, -0.25) is 9.59 Å². The highest BCUT2D eigenvalue weighted by atomic mass is 16.1. The van der Waals surface area contributed by atoms with Crippen molar-refractivity contribution in [1.29, 1.82) is 0 Å². The molecule has 2 aromatic rings. The van der Waals surface area contributed by atoms with Crippen LogP contribution in [0.2, 0.25) is 0 Å². The average molecular weight is 501 g/mol. The fourth-order valence-corrected chi connectivity index (χ4v) is 7.31. The minimum absolute atomic E-state index is 0.0108. The quantitative estimate of drug-likeness (QED) is 0.341. The number of fused-ring (bicyclic) bond motifs is 5. The number of unbranched alkanes of at least 4 members (excludes halogenated alkanes) is 1. The molecular weight excluding hydrogens is 456 g/mol. The van der Waals surface area contributed by atoms with E-state index in [0.717, 1.165) is 30.6 Å². The van der Waals surface area contributed by atoms with E-state index in [9.17, 15) is 9.59 Å². The average Bonchev–Trinajstić information content (AvgIpc) is 2.88. The molecule has 4 atom stereocenters. The highest BCUT2D eigenvalue weighted by Gasteiger charge is 2.47. The third-order valence-electron chi connectivity index (χ3n) is 9.63.